The molecule has 4 aromatic rings. The van der Waals surface area contributed by atoms with E-state index in [1.54, 1.807) is 0 Å². The second-order valence-electron chi connectivity index (χ2n) is 6.44. The van der Waals surface area contributed by atoms with E-state index in [0.717, 1.165) is 21.0 Å². The van der Waals surface area contributed by atoms with Crippen molar-refractivity contribution in [2.24, 2.45) is 0 Å². The van der Waals surface area contributed by atoms with Gasteiger partial charge < -0.3 is 0 Å². The van der Waals surface area contributed by atoms with Gasteiger partial charge in [0, 0.05) is 23.9 Å². The smallest absolute Gasteiger partial charge is 0.257 e. The zero-order chi connectivity index (χ0) is 21.1. The highest BCUT2D eigenvalue weighted by atomic mass is 32.2. The number of carbonyl (C=O) groups is 1. The Morgan fingerprint density at radius 3 is 2.60 bits per heavy atom. The Morgan fingerprint density at radius 2 is 1.83 bits per heavy atom. The number of nitriles is 1. The van der Waals surface area contributed by atoms with Gasteiger partial charge in [-0.15, -0.1) is 0 Å². The van der Waals surface area contributed by atoms with Gasteiger partial charge >= 0.3 is 0 Å². The summed E-state index contributed by atoms with van der Waals surface area (Å²) in [5.41, 5.74) is 1.15. The fourth-order valence-electron chi connectivity index (χ4n) is 2.99. The summed E-state index contributed by atoms with van der Waals surface area (Å²) in [4.78, 5) is 17.2. The molecule has 9 heteroatoms. The Morgan fingerprint density at radius 1 is 1.07 bits per heavy atom. The molecule has 0 atom stereocenters. The molecule has 3 aromatic carbocycles. The molecule has 0 aliphatic rings. The largest absolute Gasteiger partial charge is 0.298 e. The van der Waals surface area contributed by atoms with E-state index in [-0.39, 0.29) is 23.8 Å². The van der Waals surface area contributed by atoms with E-state index in [0.29, 0.717) is 10.7 Å². The molecule has 0 spiro atoms. The summed E-state index contributed by atoms with van der Waals surface area (Å²) in [5.74, 6) is -0.375. The number of hydrogen-bond donors (Lipinski definition) is 2. The number of carbonyl (C=O) groups excluding carboxylic acids is 1. The Hall–Kier alpha value is -3.32. The lowest BCUT2D eigenvalue weighted by Gasteiger charge is -2.06. The normalized spacial score (nSPS) is 11.4. The van der Waals surface area contributed by atoms with Crippen molar-refractivity contribution in [3.63, 3.8) is 0 Å². The minimum atomic E-state index is -3.72. The van der Waals surface area contributed by atoms with E-state index in [9.17, 15) is 13.2 Å². The minimum Gasteiger partial charge on any atom is -0.298 e. The molecule has 30 heavy (non-hydrogen) atoms. The number of rotatable bonds is 6. The highest BCUT2D eigenvalue weighted by molar-refractivity contribution is 7.89. The first-order chi connectivity index (χ1) is 14.5. The van der Waals surface area contributed by atoms with E-state index < -0.39 is 10.0 Å². The number of anilines is 1. The molecular formula is C21H16N4O3S2. The number of hydrogen-bond acceptors (Lipinski definition) is 6. The summed E-state index contributed by atoms with van der Waals surface area (Å²) in [6, 6.07) is 19.4. The third kappa shape index (κ3) is 4.02. The highest BCUT2D eigenvalue weighted by Crippen LogP contribution is 2.31. The van der Waals surface area contributed by atoms with Crippen molar-refractivity contribution in [2.45, 2.75) is 11.3 Å². The van der Waals surface area contributed by atoms with Crippen LogP contribution in [-0.2, 0) is 10.0 Å². The maximum absolute atomic E-state index is 12.6. The molecule has 0 aliphatic carbocycles. The van der Waals surface area contributed by atoms with Crippen molar-refractivity contribution < 1.29 is 13.2 Å². The summed E-state index contributed by atoms with van der Waals surface area (Å²) < 4.78 is 27.6. The van der Waals surface area contributed by atoms with Gasteiger partial charge in [0.2, 0.25) is 10.0 Å². The van der Waals surface area contributed by atoms with Crippen molar-refractivity contribution in [3.8, 4) is 6.07 Å². The van der Waals surface area contributed by atoms with Crippen molar-refractivity contribution in [1.82, 2.24) is 9.71 Å². The highest BCUT2D eigenvalue weighted by Gasteiger charge is 2.15. The second-order valence-corrected chi connectivity index (χ2v) is 9.23. The molecule has 1 aromatic heterocycles. The van der Waals surface area contributed by atoms with Crippen molar-refractivity contribution >= 4 is 53.4 Å². The van der Waals surface area contributed by atoms with Crippen LogP contribution in [0.2, 0.25) is 0 Å². The number of benzene rings is 3. The molecule has 0 fully saturated rings. The zero-order valence-corrected chi connectivity index (χ0v) is 17.3. The molecular weight excluding hydrogens is 420 g/mol. The fraction of sp³-hybridized carbons (Fsp3) is 0.0952. The zero-order valence-electron chi connectivity index (χ0n) is 15.6. The topological polar surface area (TPSA) is 112 Å². The minimum absolute atomic E-state index is 0.0310. The second kappa shape index (κ2) is 8.20. The van der Waals surface area contributed by atoms with Gasteiger partial charge in [-0.05, 0) is 35.7 Å². The molecule has 0 saturated heterocycles. The molecule has 0 bridgehead atoms. The van der Waals surface area contributed by atoms with Gasteiger partial charge in [0.1, 0.15) is 0 Å². The van der Waals surface area contributed by atoms with Gasteiger partial charge in [0.05, 0.1) is 21.2 Å². The van der Waals surface area contributed by atoms with E-state index >= 15 is 0 Å². The summed E-state index contributed by atoms with van der Waals surface area (Å²) in [7, 11) is -3.72. The molecule has 1 heterocycles. The maximum Gasteiger partial charge on any atom is 0.257 e. The van der Waals surface area contributed by atoms with Gasteiger partial charge in [0.15, 0.2) is 5.13 Å². The van der Waals surface area contributed by atoms with Crippen LogP contribution in [0, 0.1) is 11.3 Å². The van der Waals surface area contributed by atoms with Crippen LogP contribution in [0.4, 0.5) is 5.13 Å². The Labute approximate surface area is 177 Å². The van der Waals surface area contributed by atoms with Crippen LogP contribution in [0.3, 0.4) is 0 Å². The number of amides is 1. The van der Waals surface area contributed by atoms with Gasteiger partial charge in [-0.1, -0.05) is 41.7 Å². The van der Waals surface area contributed by atoms with Crippen LogP contribution in [-0.4, -0.2) is 25.9 Å². The number of thiazole rings is 1. The molecule has 0 radical (unpaired) electrons. The number of sulfonamides is 1. The van der Waals surface area contributed by atoms with Gasteiger partial charge in [-0.25, -0.2) is 18.1 Å². The van der Waals surface area contributed by atoms with Crippen LogP contribution in [0.1, 0.15) is 16.8 Å². The van der Waals surface area contributed by atoms with Crippen LogP contribution >= 0.6 is 11.3 Å². The molecule has 1 amide bonds. The molecule has 150 valence electrons. The number of nitrogens with one attached hydrogen (secondary N) is 2. The van der Waals surface area contributed by atoms with E-state index in [1.165, 1.54) is 35.6 Å². The van der Waals surface area contributed by atoms with E-state index in [1.807, 2.05) is 42.5 Å². The van der Waals surface area contributed by atoms with Crippen LogP contribution < -0.4 is 10.0 Å². The van der Waals surface area contributed by atoms with Gasteiger partial charge in [-0.3, -0.25) is 10.1 Å². The Kier molecular flexibility index (Phi) is 5.46. The average molecular weight is 437 g/mol. The first kappa shape index (κ1) is 20.0. The average Bonchev–Trinajstić information content (AvgIpc) is 3.17. The third-order valence-electron chi connectivity index (χ3n) is 4.46. The maximum atomic E-state index is 12.6. The summed E-state index contributed by atoms with van der Waals surface area (Å²) in [6.45, 7) is 0.0351. The summed E-state index contributed by atoms with van der Waals surface area (Å²) in [5, 5.41) is 13.9. The predicted molar refractivity (Wildman–Crippen MR) is 117 cm³/mol. The molecule has 4 rings (SSSR count). The number of aromatic nitrogens is 1. The quantitative estimate of drug-likeness (QED) is 0.445. The Bertz CT molecular complexity index is 1390. The lowest BCUT2D eigenvalue weighted by molar-refractivity contribution is 0.102. The lowest BCUT2D eigenvalue weighted by Crippen LogP contribution is -2.24. The summed E-state index contributed by atoms with van der Waals surface area (Å²) >= 11 is 1.38. The molecule has 0 aliphatic heterocycles. The first-order valence-electron chi connectivity index (χ1n) is 9.04. The SMILES string of the molecule is N#CCCNS(=O)(=O)c1ccc(C(=O)Nc2nc3c(ccc4ccccc43)s2)cc1. The monoisotopic (exact) mass is 436 g/mol. The van der Waals surface area contributed by atoms with Crippen molar-refractivity contribution in [1.29, 1.82) is 5.26 Å². The number of nitrogens with zero attached hydrogens (tertiary/aromatic N) is 2. The first-order valence-corrected chi connectivity index (χ1v) is 11.3. The van der Waals surface area contributed by atoms with Gasteiger partial charge in [-0.2, -0.15) is 5.26 Å². The third-order valence-corrected chi connectivity index (χ3v) is 6.87. The van der Waals surface area contributed by atoms with Crippen molar-refractivity contribution in [3.05, 3.63) is 66.2 Å². The van der Waals surface area contributed by atoms with Crippen LogP contribution in [0.5, 0.6) is 0 Å². The molecule has 0 unspecified atom stereocenters. The predicted octanol–water partition coefficient (Wildman–Crippen LogP) is 3.89. The van der Waals surface area contributed by atoms with Crippen LogP contribution in [0.15, 0.2) is 65.6 Å². The van der Waals surface area contributed by atoms with Crippen LogP contribution in [0.25, 0.3) is 21.0 Å². The fourth-order valence-corrected chi connectivity index (χ4v) is 4.90. The summed E-state index contributed by atoms with van der Waals surface area (Å²) in [6.07, 6.45) is 0.0805. The molecule has 7 nitrogen and oxygen atoms in total. The molecule has 2 N–H and O–H groups in total. The number of fused-ring (bicyclic) bond motifs is 3. The van der Waals surface area contributed by atoms with E-state index in [2.05, 4.69) is 15.0 Å². The van der Waals surface area contributed by atoms with E-state index in [4.69, 9.17) is 5.26 Å². The van der Waals surface area contributed by atoms with Crippen molar-refractivity contribution in [2.75, 3.05) is 11.9 Å². The molecule has 0 saturated carbocycles. The lowest BCUT2D eigenvalue weighted by atomic mass is 10.1. The standard InChI is InChI=1S/C21H16N4O3S2/c22-12-3-13-23-30(27,28)16-9-6-15(7-10-16)20(26)25-21-24-19-17-5-2-1-4-14(17)8-11-18(19)29-21/h1-2,4-11,23H,3,13H2,(H,24,25,26). The Balaban J connectivity index is 1.53. The van der Waals surface area contributed by atoms with Gasteiger partial charge in [0.25, 0.3) is 5.91 Å².